The molecule has 0 atom stereocenters. The summed E-state index contributed by atoms with van der Waals surface area (Å²) in [4.78, 5) is 17.9. The predicted molar refractivity (Wildman–Crippen MR) is 123 cm³/mol. The summed E-state index contributed by atoms with van der Waals surface area (Å²) in [5.74, 6) is -0.233. The minimum atomic E-state index is -3.59. The first-order valence-corrected chi connectivity index (χ1v) is 12.5. The second-order valence-corrected chi connectivity index (χ2v) is 10.0. The summed E-state index contributed by atoms with van der Waals surface area (Å²) in [6.45, 7) is 6.38. The molecular weight excluding hydrogens is 431 g/mol. The van der Waals surface area contributed by atoms with Gasteiger partial charge in [-0.15, -0.1) is 0 Å². The van der Waals surface area contributed by atoms with E-state index < -0.39 is 10.0 Å². The molecule has 0 radical (unpaired) electrons. The molecule has 2 heterocycles. The van der Waals surface area contributed by atoms with E-state index in [-0.39, 0.29) is 16.6 Å². The number of carbonyl (C=O) groups is 1. The lowest BCUT2D eigenvalue weighted by atomic mass is 10.2. The molecule has 1 amide bonds. The van der Waals surface area contributed by atoms with E-state index in [1.165, 1.54) is 13.0 Å². The van der Waals surface area contributed by atoms with Gasteiger partial charge in [0.2, 0.25) is 15.9 Å². The highest BCUT2D eigenvalue weighted by atomic mass is 32.2. The van der Waals surface area contributed by atoms with E-state index in [1.807, 2.05) is 6.07 Å². The number of rotatable bonds is 7. The smallest absolute Gasteiger partial charge is 0.240 e. The van der Waals surface area contributed by atoms with Crippen molar-refractivity contribution in [2.24, 2.45) is 0 Å². The van der Waals surface area contributed by atoms with E-state index in [2.05, 4.69) is 14.5 Å². The Labute approximate surface area is 188 Å². The van der Waals surface area contributed by atoms with Crippen LogP contribution in [0.25, 0.3) is 0 Å². The lowest BCUT2D eigenvalue weighted by molar-refractivity contribution is -0.116. The zero-order chi connectivity index (χ0) is 22.7. The van der Waals surface area contributed by atoms with Gasteiger partial charge in [-0.05, 0) is 55.3 Å². The van der Waals surface area contributed by atoms with Crippen LogP contribution < -0.4 is 14.5 Å². The second kappa shape index (κ2) is 9.56. The van der Waals surface area contributed by atoms with Gasteiger partial charge in [-0.1, -0.05) is 12.1 Å². The van der Waals surface area contributed by atoms with Crippen LogP contribution in [0.15, 0.2) is 47.4 Å². The second-order valence-electron chi connectivity index (χ2n) is 8.24. The molecule has 2 aliphatic heterocycles. The van der Waals surface area contributed by atoms with Gasteiger partial charge in [-0.2, -0.15) is 0 Å². The predicted octanol–water partition coefficient (Wildman–Crippen LogP) is 2.23. The molecule has 1 saturated heterocycles. The maximum atomic E-state index is 14.0. The molecule has 32 heavy (non-hydrogen) atoms. The number of carbonyl (C=O) groups excluding carboxylic acids is 1. The first kappa shape index (κ1) is 22.7. The van der Waals surface area contributed by atoms with Gasteiger partial charge in [-0.3, -0.25) is 9.69 Å². The molecule has 0 aliphatic carbocycles. The Kier molecular flexibility index (Phi) is 6.78. The van der Waals surface area contributed by atoms with Gasteiger partial charge in [0.1, 0.15) is 5.82 Å². The molecule has 2 aromatic carbocycles. The molecule has 9 heteroatoms. The SMILES string of the molecule is CC(=O)N1CCc2cc(S(=O)(=O)NCCCN3CCN(c4ccccc4F)CC3)ccc21. The fraction of sp³-hybridized carbons (Fsp3) is 0.435. The number of piperazine rings is 1. The zero-order valence-electron chi connectivity index (χ0n) is 18.3. The quantitative estimate of drug-likeness (QED) is 0.642. The van der Waals surface area contributed by atoms with Crippen LogP contribution in [0.2, 0.25) is 0 Å². The number of sulfonamides is 1. The number of hydrogen-bond donors (Lipinski definition) is 1. The molecular formula is C23H29FN4O3S. The lowest BCUT2D eigenvalue weighted by Gasteiger charge is -2.36. The van der Waals surface area contributed by atoms with Crippen LogP contribution in [0.3, 0.4) is 0 Å². The molecule has 0 bridgehead atoms. The Morgan fingerprint density at radius 1 is 1.03 bits per heavy atom. The largest absolute Gasteiger partial charge is 0.367 e. The summed E-state index contributed by atoms with van der Waals surface area (Å²) < 4.78 is 42.0. The summed E-state index contributed by atoms with van der Waals surface area (Å²) >= 11 is 0. The summed E-state index contributed by atoms with van der Waals surface area (Å²) in [5.41, 5.74) is 2.32. The van der Waals surface area contributed by atoms with Gasteiger partial charge in [-0.25, -0.2) is 17.5 Å². The number of fused-ring (bicyclic) bond motifs is 1. The third-order valence-electron chi connectivity index (χ3n) is 6.15. The van der Waals surface area contributed by atoms with Crippen LogP contribution in [0, 0.1) is 5.82 Å². The van der Waals surface area contributed by atoms with E-state index >= 15 is 0 Å². The van der Waals surface area contributed by atoms with E-state index in [4.69, 9.17) is 0 Å². The van der Waals surface area contributed by atoms with Crippen LogP contribution in [0.5, 0.6) is 0 Å². The van der Waals surface area contributed by atoms with Crippen LogP contribution >= 0.6 is 0 Å². The number of halogens is 1. The molecule has 1 N–H and O–H groups in total. The monoisotopic (exact) mass is 460 g/mol. The van der Waals surface area contributed by atoms with Crippen molar-refractivity contribution in [2.75, 3.05) is 55.6 Å². The Balaban J connectivity index is 1.24. The Morgan fingerprint density at radius 2 is 1.78 bits per heavy atom. The molecule has 172 valence electrons. The van der Waals surface area contributed by atoms with Crippen LogP contribution in [-0.2, 0) is 21.2 Å². The fourth-order valence-electron chi connectivity index (χ4n) is 4.39. The Morgan fingerprint density at radius 3 is 2.50 bits per heavy atom. The summed E-state index contributed by atoms with van der Waals surface area (Å²) in [5, 5.41) is 0. The third kappa shape index (κ3) is 4.95. The topological polar surface area (TPSA) is 73.0 Å². The highest BCUT2D eigenvalue weighted by Gasteiger charge is 2.25. The minimum Gasteiger partial charge on any atom is -0.367 e. The summed E-state index contributed by atoms with van der Waals surface area (Å²) in [6.07, 6.45) is 1.36. The van der Waals surface area contributed by atoms with Crippen LogP contribution in [0.1, 0.15) is 18.9 Å². The van der Waals surface area contributed by atoms with Crippen molar-refractivity contribution in [1.82, 2.24) is 9.62 Å². The highest BCUT2D eigenvalue weighted by molar-refractivity contribution is 7.89. The maximum Gasteiger partial charge on any atom is 0.240 e. The van der Waals surface area contributed by atoms with Crippen LogP contribution in [-0.4, -0.2) is 65.0 Å². The molecule has 0 saturated carbocycles. The van der Waals surface area contributed by atoms with Gasteiger partial charge < -0.3 is 9.80 Å². The minimum absolute atomic E-state index is 0.0350. The Hall–Kier alpha value is -2.49. The van der Waals surface area contributed by atoms with Crippen molar-refractivity contribution in [2.45, 2.75) is 24.7 Å². The van der Waals surface area contributed by atoms with Gasteiger partial charge in [0.25, 0.3) is 0 Å². The number of anilines is 2. The normalized spacial score (nSPS) is 16.9. The van der Waals surface area contributed by atoms with Crippen molar-refractivity contribution in [1.29, 1.82) is 0 Å². The number of nitrogens with zero attached hydrogens (tertiary/aromatic N) is 3. The standard InChI is InChI=1S/C23H29FN4O3S/c1-18(29)28-12-9-19-17-20(7-8-22(19)28)32(30,31)25-10-4-11-26-13-15-27(16-14-26)23-6-3-2-5-21(23)24/h2-3,5-8,17,25H,4,9-16H2,1H3. The van der Waals surface area contributed by atoms with Crippen molar-refractivity contribution < 1.29 is 17.6 Å². The number of benzene rings is 2. The van der Waals surface area contributed by atoms with Crippen LogP contribution in [0.4, 0.5) is 15.8 Å². The number of nitrogens with one attached hydrogen (secondary N) is 1. The van der Waals surface area contributed by atoms with E-state index in [1.54, 1.807) is 35.2 Å². The number of para-hydroxylation sites is 1. The van der Waals surface area contributed by atoms with Crippen molar-refractivity contribution in [3.63, 3.8) is 0 Å². The first-order chi connectivity index (χ1) is 15.3. The van der Waals surface area contributed by atoms with Gasteiger partial charge in [0, 0.05) is 51.9 Å². The molecule has 1 fully saturated rings. The molecule has 7 nitrogen and oxygen atoms in total. The molecule has 2 aromatic rings. The molecule has 2 aliphatic rings. The summed E-state index contributed by atoms with van der Waals surface area (Å²) in [6, 6.07) is 11.8. The van der Waals surface area contributed by atoms with E-state index in [0.29, 0.717) is 31.6 Å². The third-order valence-corrected chi connectivity index (χ3v) is 7.60. The molecule has 0 aromatic heterocycles. The van der Waals surface area contributed by atoms with Gasteiger partial charge in [0.05, 0.1) is 10.6 Å². The lowest BCUT2D eigenvalue weighted by Crippen LogP contribution is -2.47. The molecule has 0 unspecified atom stereocenters. The van der Waals surface area contributed by atoms with Gasteiger partial charge in [0.15, 0.2) is 0 Å². The fourth-order valence-corrected chi connectivity index (χ4v) is 5.51. The number of hydrogen-bond acceptors (Lipinski definition) is 5. The zero-order valence-corrected chi connectivity index (χ0v) is 19.1. The Bertz CT molecular complexity index is 1080. The molecule has 4 rings (SSSR count). The summed E-state index contributed by atoms with van der Waals surface area (Å²) in [7, 11) is -3.59. The maximum absolute atomic E-state index is 14.0. The highest BCUT2D eigenvalue weighted by Crippen LogP contribution is 2.30. The van der Waals surface area contributed by atoms with E-state index in [0.717, 1.165) is 44.0 Å². The average molecular weight is 461 g/mol. The first-order valence-electron chi connectivity index (χ1n) is 11.0. The van der Waals surface area contributed by atoms with E-state index in [9.17, 15) is 17.6 Å². The van der Waals surface area contributed by atoms with Crippen molar-refractivity contribution in [3.05, 3.63) is 53.8 Å². The van der Waals surface area contributed by atoms with Crippen molar-refractivity contribution in [3.8, 4) is 0 Å². The number of amides is 1. The van der Waals surface area contributed by atoms with Gasteiger partial charge >= 0.3 is 0 Å². The average Bonchev–Trinajstić information content (AvgIpc) is 3.21. The molecule has 0 spiro atoms. The van der Waals surface area contributed by atoms with Crippen molar-refractivity contribution >= 4 is 27.3 Å².